The van der Waals surface area contributed by atoms with Crippen molar-refractivity contribution < 1.29 is 17.9 Å². The number of benzene rings is 1. The number of hydrogen-bond acceptors (Lipinski definition) is 3. The minimum atomic E-state index is -4.67. The maximum absolute atomic E-state index is 12.2. The third-order valence-electron chi connectivity index (χ3n) is 5.55. The third kappa shape index (κ3) is 3.56. The normalized spacial score (nSPS) is 25.7. The highest BCUT2D eigenvalue weighted by Crippen LogP contribution is 2.41. The Morgan fingerprint density at radius 1 is 0.962 bits per heavy atom. The van der Waals surface area contributed by atoms with Gasteiger partial charge in [0.15, 0.2) is 0 Å². The second-order valence-electron chi connectivity index (χ2n) is 7.27. The van der Waals surface area contributed by atoms with Gasteiger partial charge < -0.3 is 9.64 Å². The van der Waals surface area contributed by atoms with Crippen LogP contribution in [0.2, 0.25) is 0 Å². The first kappa shape index (κ1) is 17.3. The van der Waals surface area contributed by atoms with Gasteiger partial charge in [0.2, 0.25) is 0 Å². The first-order chi connectivity index (χ1) is 12.4. The van der Waals surface area contributed by atoms with Crippen LogP contribution in [0.1, 0.15) is 31.2 Å². The lowest BCUT2D eigenvalue weighted by Gasteiger charge is -2.47. The molecule has 2 aromatic rings. The van der Waals surface area contributed by atoms with E-state index in [1.165, 1.54) is 56.5 Å². The summed E-state index contributed by atoms with van der Waals surface area (Å²) in [4.78, 5) is 7.13. The SMILES string of the molecule is FC(F)(F)Oc1ccc(-c2ccc(C34CCCN(CCC3)C4)cn2)cc1. The molecule has 138 valence electrons. The van der Waals surface area contributed by atoms with Crippen molar-refractivity contribution in [3.8, 4) is 17.0 Å². The molecule has 1 aromatic carbocycles. The molecule has 0 radical (unpaired) electrons. The zero-order chi connectivity index (χ0) is 18.2. The molecule has 0 spiro atoms. The maximum Gasteiger partial charge on any atom is 0.573 e. The van der Waals surface area contributed by atoms with Crippen LogP contribution >= 0.6 is 0 Å². The van der Waals surface area contributed by atoms with Gasteiger partial charge in [0.25, 0.3) is 0 Å². The summed E-state index contributed by atoms with van der Waals surface area (Å²) in [6.45, 7) is 3.50. The second-order valence-corrected chi connectivity index (χ2v) is 7.27. The van der Waals surface area contributed by atoms with E-state index in [9.17, 15) is 13.2 Å². The largest absolute Gasteiger partial charge is 0.573 e. The fraction of sp³-hybridized carbons (Fsp3) is 0.450. The van der Waals surface area contributed by atoms with Crippen molar-refractivity contribution in [1.82, 2.24) is 9.88 Å². The van der Waals surface area contributed by atoms with Gasteiger partial charge >= 0.3 is 6.36 Å². The average Bonchev–Trinajstić information content (AvgIpc) is 2.61. The van der Waals surface area contributed by atoms with E-state index in [1.807, 2.05) is 12.3 Å². The maximum atomic E-state index is 12.2. The smallest absolute Gasteiger partial charge is 0.406 e. The fourth-order valence-corrected chi connectivity index (χ4v) is 4.35. The number of pyridine rings is 1. The quantitative estimate of drug-likeness (QED) is 0.786. The molecule has 2 bridgehead atoms. The number of ether oxygens (including phenoxy) is 1. The molecule has 1 aromatic heterocycles. The van der Waals surface area contributed by atoms with E-state index >= 15 is 0 Å². The molecule has 6 heteroatoms. The van der Waals surface area contributed by atoms with Gasteiger partial charge in [-0.25, -0.2) is 0 Å². The molecule has 2 saturated heterocycles. The van der Waals surface area contributed by atoms with Crippen LogP contribution in [0.15, 0.2) is 42.6 Å². The van der Waals surface area contributed by atoms with E-state index in [0.717, 1.165) is 17.8 Å². The Morgan fingerprint density at radius 2 is 1.65 bits per heavy atom. The third-order valence-corrected chi connectivity index (χ3v) is 5.55. The lowest BCUT2D eigenvalue weighted by molar-refractivity contribution is -0.274. The van der Waals surface area contributed by atoms with Gasteiger partial charge in [-0.05, 0) is 74.7 Å². The summed E-state index contributed by atoms with van der Waals surface area (Å²) in [5, 5.41) is 0. The van der Waals surface area contributed by atoms with Gasteiger partial charge in [0.1, 0.15) is 5.75 Å². The molecule has 2 aliphatic heterocycles. The standard InChI is InChI=1S/C20H21F3N2O/c21-20(22,23)26-17-6-3-15(4-7-17)18-8-5-16(13-24-18)19-9-1-11-25(14-19)12-2-10-19/h3-8,13H,1-2,9-12,14H2. The summed E-state index contributed by atoms with van der Waals surface area (Å²) >= 11 is 0. The minimum Gasteiger partial charge on any atom is -0.406 e. The van der Waals surface area contributed by atoms with Crippen molar-refractivity contribution in [3.05, 3.63) is 48.2 Å². The highest BCUT2D eigenvalue weighted by molar-refractivity contribution is 5.60. The van der Waals surface area contributed by atoms with Gasteiger partial charge in [-0.1, -0.05) is 6.07 Å². The summed E-state index contributed by atoms with van der Waals surface area (Å²) in [6, 6.07) is 9.94. The molecule has 3 nitrogen and oxygen atoms in total. The van der Waals surface area contributed by atoms with Crippen molar-refractivity contribution >= 4 is 0 Å². The van der Waals surface area contributed by atoms with Gasteiger partial charge in [0.05, 0.1) is 5.69 Å². The zero-order valence-electron chi connectivity index (χ0n) is 14.4. The molecule has 0 atom stereocenters. The number of halogens is 3. The van der Waals surface area contributed by atoms with Gasteiger partial charge in [-0.3, -0.25) is 4.98 Å². The molecule has 0 saturated carbocycles. The van der Waals surface area contributed by atoms with E-state index in [4.69, 9.17) is 0 Å². The molecule has 0 N–H and O–H groups in total. The Hall–Kier alpha value is -2.08. The second kappa shape index (κ2) is 6.58. The molecule has 0 unspecified atom stereocenters. The number of rotatable bonds is 3. The molecule has 2 aliphatic rings. The van der Waals surface area contributed by atoms with Gasteiger partial charge in [-0.2, -0.15) is 0 Å². The Kier molecular flexibility index (Phi) is 4.39. The topological polar surface area (TPSA) is 25.4 Å². The number of piperidine rings is 2. The lowest BCUT2D eigenvalue weighted by atomic mass is 9.69. The highest BCUT2D eigenvalue weighted by Gasteiger charge is 2.39. The number of fused-ring (bicyclic) bond motifs is 2. The molecular weight excluding hydrogens is 341 g/mol. The minimum absolute atomic E-state index is 0.215. The molecule has 0 aliphatic carbocycles. The van der Waals surface area contributed by atoms with Crippen molar-refractivity contribution in [2.75, 3.05) is 19.6 Å². The van der Waals surface area contributed by atoms with Crippen LogP contribution in [-0.4, -0.2) is 35.9 Å². The van der Waals surface area contributed by atoms with Crippen LogP contribution in [0.5, 0.6) is 5.75 Å². The predicted molar refractivity (Wildman–Crippen MR) is 92.9 cm³/mol. The number of alkyl halides is 3. The molecule has 0 amide bonds. The van der Waals surface area contributed by atoms with E-state index in [2.05, 4.69) is 20.7 Å². The van der Waals surface area contributed by atoms with Crippen LogP contribution in [0.4, 0.5) is 13.2 Å². The highest BCUT2D eigenvalue weighted by atomic mass is 19.4. The van der Waals surface area contributed by atoms with E-state index in [1.54, 1.807) is 12.1 Å². The van der Waals surface area contributed by atoms with Crippen molar-refractivity contribution in [3.63, 3.8) is 0 Å². The lowest BCUT2D eigenvalue weighted by Crippen LogP contribution is -2.50. The van der Waals surface area contributed by atoms with Crippen LogP contribution < -0.4 is 4.74 Å². The fourth-order valence-electron chi connectivity index (χ4n) is 4.35. The van der Waals surface area contributed by atoms with Gasteiger partial charge in [-0.15, -0.1) is 13.2 Å². The monoisotopic (exact) mass is 362 g/mol. The summed E-state index contributed by atoms with van der Waals surface area (Å²) in [5.41, 5.74) is 3.03. The van der Waals surface area contributed by atoms with E-state index in [0.29, 0.717) is 0 Å². The molecule has 2 fully saturated rings. The Labute approximate surface area is 150 Å². The molecule has 3 heterocycles. The van der Waals surface area contributed by atoms with E-state index in [-0.39, 0.29) is 11.2 Å². The van der Waals surface area contributed by atoms with Gasteiger partial charge in [0, 0.05) is 23.7 Å². The summed E-state index contributed by atoms with van der Waals surface area (Å²) in [5.74, 6) is -0.221. The average molecular weight is 362 g/mol. The number of hydrogen-bond donors (Lipinski definition) is 0. The van der Waals surface area contributed by atoms with E-state index < -0.39 is 6.36 Å². The summed E-state index contributed by atoms with van der Waals surface area (Å²) in [7, 11) is 0. The van der Waals surface area contributed by atoms with Crippen molar-refractivity contribution in [1.29, 1.82) is 0 Å². The first-order valence-corrected chi connectivity index (χ1v) is 8.99. The van der Waals surface area contributed by atoms with Crippen LogP contribution in [-0.2, 0) is 5.41 Å². The van der Waals surface area contributed by atoms with Crippen LogP contribution in [0, 0.1) is 0 Å². The predicted octanol–water partition coefficient (Wildman–Crippen LogP) is 4.77. The van der Waals surface area contributed by atoms with Crippen molar-refractivity contribution in [2.45, 2.75) is 37.5 Å². The number of nitrogens with zero attached hydrogens (tertiary/aromatic N) is 2. The first-order valence-electron chi connectivity index (χ1n) is 8.99. The Morgan fingerprint density at radius 3 is 2.23 bits per heavy atom. The summed E-state index contributed by atoms with van der Waals surface area (Å²) in [6.07, 6.45) is 2.13. The summed E-state index contributed by atoms with van der Waals surface area (Å²) < 4.78 is 40.7. The van der Waals surface area contributed by atoms with Crippen LogP contribution in [0.3, 0.4) is 0 Å². The zero-order valence-corrected chi connectivity index (χ0v) is 14.4. The van der Waals surface area contributed by atoms with Crippen molar-refractivity contribution in [2.24, 2.45) is 0 Å². The Bertz CT molecular complexity index is 746. The molecule has 4 rings (SSSR count). The number of aromatic nitrogens is 1. The molecule has 26 heavy (non-hydrogen) atoms. The molecular formula is C20H21F3N2O. The van der Waals surface area contributed by atoms with Crippen LogP contribution in [0.25, 0.3) is 11.3 Å². The Balaban J connectivity index is 1.53.